The van der Waals surface area contributed by atoms with Crippen molar-refractivity contribution in [2.24, 2.45) is 0 Å². The number of unbranched alkanes of at least 4 members (excludes halogenated alkanes) is 12. The zero-order chi connectivity index (χ0) is 18.6. The lowest BCUT2D eigenvalue weighted by Gasteiger charge is -2.29. The van der Waals surface area contributed by atoms with E-state index >= 15 is 0 Å². The minimum Gasteiger partial charge on any atom is -0.394 e. The average molecular weight is 373 g/mol. The van der Waals surface area contributed by atoms with Crippen molar-refractivity contribution in [3.63, 3.8) is 0 Å². The Morgan fingerprint density at radius 2 is 0.760 bits per heavy atom. The van der Waals surface area contributed by atoms with E-state index in [1.807, 2.05) is 0 Å². The molecule has 0 saturated carbocycles. The molecule has 0 bridgehead atoms. The van der Waals surface area contributed by atoms with E-state index in [4.69, 9.17) is 8.85 Å². The lowest BCUT2D eigenvalue weighted by molar-refractivity contribution is 0.163. The molecule has 3 heteroatoms. The van der Waals surface area contributed by atoms with Gasteiger partial charge in [-0.1, -0.05) is 105 Å². The van der Waals surface area contributed by atoms with Crippen molar-refractivity contribution in [1.82, 2.24) is 0 Å². The van der Waals surface area contributed by atoms with E-state index in [0.29, 0.717) is 0 Å². The number of hydrogen-bond acceptors (Lipinski definition) is 2. The van der Waals surface area contributed by atoms with Gasteiger partial charge in [-0.2, -0.15) is 0 Å². The Bertz CT molecular complexity index is 254. The van der Waals surface area contributed by atoms with Gasteiger partial charge in [0.15, 0.2) is 0 Å². The smallest absolute Gasteiger partial charge is 0.337 e. The molecule has 0 aliphatic carbocycles. The Labute approximate surface area is 160 Å². The molecule has 0 spiro atoms. The molecule has 0 fully saturated rings. The molecule has 0 unspecified atom stereocenters. The molecule has 0 aliphatic heterocycles. The SMILES string of the molecule is CCCCCCCCCCCCCO[Si](CC)(CC)OCCCCC. The maximum absolute atomic E-state index is 6.31. The molecule has 0 aliphatic rings. The van der Waals surface area contributed by atoms with E-state index in [-0.39, 0.29) is 0 Å². The van der Waals surface area contributed by atoms with Gasteiger partial charge in [0.1, 0.15) is 0 Å². The third-order valence-corrected chi connectivity index (χ3v) is 8.92. The zero-order valence-electron chi connectivity index (χ0n) is 18.0. The quantitative estimate of drug-likeness (QED) is 0.159. The van der Waals surface area contributed by atoms with E-state index < -0.39 is 8.56 Å². The Hall–Kier alpha value is 0.137. The number of rotatable bonds is 20. The van der Waals surface area contributed by atoms with Crippen LogP contribution in [0.1, 0.15) is 118 Å². The van der Waals surface area contributed by atoms with Crippen LogP contribution in [0.5, 0.6) is 0 Å². The average Bonchev–Trinajstić information content (AvgIpc) is 2.64. The Kier molecular flexibility index (Phi) is 19.0. The van der Waals surface area contributed by atoms with E-state index in [0.717, 1.165) is 25.3 Å². The van der Waals surface area contributed by atoms with Gasteiger partial charge in [0.25, 0.3) is 0 Å². The molecule has 0 aromatic carbocycles. The van der Waals surface area contributed by atoms with E-state index in [9.17, 15) is 0 Å². The molecule has 0 heterocycles. The molecule has 0 aromatic heterocycles. The molecule has 0 amide bonds. The Balaban J connectivity index is 3.55. The third-order valence-electron chi connectivity index (χ3n) is 5.30. The van der Waals surface area contributed by atoms with Crippen LogP contribution in [0.15, 0.2) is 0 Å². The van der Waals surface area contributed by atoms with Crippen LogP contribution in [0.4, 0.5) is 0 Å². The summed E-state index contributed by atoms with van der Waals surface area (Å²) in [6.07, 6.45) is 19.0. The molecular weight excluding hydrogens is 324 g/mol. The lowest BCUT2D eigenvalue weighted by atomic mass is 10.1. The summed E-state index contributed by atoms with van der Waals surface area (Å²) in [5, 5.41) is 0. The predicted molar refractivity (Wildman–Crippen MR) is 115 cm³/mol. The topological polar surface area (TPSA) is 18.5 Å². The van der Waals surface area contributed by atoms with Crippen LogP contribution < -0.4 is 0 Å². The van der Waals surface area contributed by atoms with E-state index in [1.165, 1.54) is 89.9 Å². The normalized spacial score (nSPS) is 12.0. The summed E-state index contributed by atoms with van der Waals surface area (Å²) in [5.41, 5.74) is 0. The highest BCUT2D eigenvalue weighted by molar-refractivity contribution is 6.67. The molecule has 0 saturated heterocycles. The van der Waals surface area contributed by atoms with Crippen LogP contribution in [0, 0.1) is 0 Å². The van der Waals surface area contributed by atoms with E-state index in [1.54, 1.807) is 0 Å². The lowest BCUT2D eigenvalue weighted by Crippen LogP contribution is -2.41. The molecule has 0 rings (SSSR count). The van der Waals surface area contributed by atoms with Gasteiger partial charge in [0, 0.05) is 13.2 Å². The minimum absolute atomic E-state index is 0.903. The zero-order valence-corrected chi connectivity index (χ0v) is 19.0. The maximum Gasteiger partial charge on any atom is 0.337 e. The maximum atomic E-state index is 6.31. The molecule has 0 aromatic rings. The summed E-state index contributed by atoms with van der Waals surface area (Å²) in [6, 6.07) is 2.18. The summed E-state index contributed by atoms with van der Waals surface area (Å²) in [5.74, 6) is 0. The fourth-order valence-corrected chi connectivity index (χ4v) is 5.77. The highest BCUT2D eigenvalue weighted by Crippen LogP contribution is 2.20. The van der Waals surface area contributed by atoms with Crippen molar-refractivity contribution < 1.29 is 8.85 Å². The largest absolute Gasteiger partial charge is 0.394 e. The van der Waals surface area contributed by atoms with Gasteiger partial charge >= 0.3 is 8.56 Å². The third kappa shape index (κ3) is 14.9. The van der Waals surface area contributed by atoms with E-state index in [2.05, 4.69) is 27.7 Å². The van der Waals surface area contributed by atoms with Crippen molar-refractivity contribution in [3.8, 4) is 0 Å². The first kappa shape index (κ1) is 25.1. The molecular formula is C22H48O2Si. The highest BCUT2D eigenvalue weighted by Gasteiger charge is 2.33. The first-order valence-electron chi connectivity index (χ1n) is 11.5. The monoisotopic (exact) mass is 372 g/mol. The van der Waals surface area contributed by atoms with Crippen molar-refractivity contribution in [1.29, 1.82) is 0 Å². The molecule has 2 nitrogen and oxygen atoms in total. The van der Waals surface area contributed by atoms with Crippen molar-refractivity contribution in [2.45, 2.75) is 130 Å². The van der Waals surface area contributed by atoms with Crippen LogP contribution in [-0.2, 0) is 8.85 Å². The van der Waals surface area contributed by atoms with Crippen LogP contribution in [0.25, 0.3) is 0 Å². The molecule has 152 valence electrons. The van der Waals surface area contributed by atoms with Crippen LogP contribution in [-0.4, -0.2) is 21.8 Å². The molecule has 0 atom stereocenters. The molecule has 0 N–H and O–H groups in total. The first-order valence-corrected chi connectivity index (χ1v) is 13.8. The standard InChI is InChI=1S/C22H48O2Si/c1-5-9-11-12-13-14-15-16-17-18-20-22-24-25(7-3,8-4)23-21-19-10-6-2/h5-22H2,1-4H3. The minimum atomic E-state index is -1.89. The summed E-state index contributed by atoms with van der Waals surface area (Å²) >= 11 is 0. The van der Waals surface area contributed by atoms with Gasteiger partial charge in [-0.05, 0) is 24.9 Å². The van der Waals surface area contributed by atoms with Gasteiger partial charge in [-0.3, -0.25) is 0 Å². The van der Waals surface area contributed by atoms with Gasteiger partial charge < -0.3 is 8.85 Å². The van der Waals surface area contributed by atoms with Crippen molar-refractivity contribution in [3.05, 3.63) is 0 Å². The van der Waals surface area contributed by atoms with Gasteiger partial charge in [0.2, 0.25) is 0 Å². The highest BCUT2D eigenvalue weighted by atomic mass is 28.4. The summed E-state index contributed by atoms with van der Waals surface area (Å²) in [6.45, 7) is 10.8. The molecule has 25 heavy (non-hydrogen) atoms. The van der Waals surface area contributed by atoms with Crippen LogP contribution in [0.3, 0.4) is 0 Å². The van der Waals surface area contributed by atoms with Crippen LogP contribution >= 0.6 is 0 Å². The first-order chi connectivity index (χ1) is 12.2. The van der Waals surface area contributed by atoms with Gasteiger partial charge in [0.05, 0.1) is 0 Å². The fraction of sp³-hybridized carbons (Fsp3) is 1.00. The molecule has 0 radical (unpaired) electrons. The Morgan fingerprint density at radius 3 is 1.16 bits per heavy atom. The number of hydrogen-bond donors (Lipinski definition) is 0. The second-order valence-corrected chi connectivity index (χ2v) is 11.4. The Morgan fingerprint density at radius 1 is 0.440 bits per heavy atom. The van der Waals surface area contributed by atoms with Crippen molar-refractivity contribution >= 4 is 8.56 Å². The summed E-state index contributed by atoms with van der Waals surface area (Å²) in [4.78, 5) is 0. The van der Waals surface area contributed by atoms with Gasteiger partial charge in [-0.15, -0.1) is 0 Å². The van der Waals surface area contributed by atoms with Gasteiger partial charge in [-0.25, -0.2) is 0 Å². The summed E-state index contributed by atoms with van der Waals surface area (Å²) in [7, 11) is -1.89. The second kappa shape index (κ2) is 18.9. The fourth-order valence-electron chi connectivity index (χ4n) is 3.33. The predicted octanol–water partition coefficient (Wildman–Crippen LogP) is 8.00. The summed E-state index contributed by atoms with van der Waals surface area (Å²) < 4.78 is 12.6. The van der Waals surface area contributed by atoms with Crippen LogP contribution in [0.2, 0.25) is 12.1 Å². The van der Waals surface area contributed by atoms with Crippen molar-refractivity contribution in [2.75, 3.05) is 13.2 Å². The second-order valence-electron chi connectivity index (χ2n) is 7.56.